The van der Waals surface area contributed by atoms with Gasteiger partial charge in [-0.3, -0.25) is 0 Å². The third kappa shape index (κ3) is 3.80. The van der Waals surface area contributed by atoms with Crippen molar-refractivity contribution in [1.29, 1.82) is 0 Å². The summed E-state index contributed by atoms with van der Waals surface area (Å²) in [6.07, 6.45) is 0. The van der Waals surface area contributed by atoms with E-state index in [2.05, 4.69) is 31.9 Å². The molecule has 0 aliphatic rings. The van der Waals surface area contributed by atoms with Crippen LogP contribution in [-0.4, -0.2) is 11.1 Å². The normalized spacial score (nSPS) is 10.3. The highest BCUT2D eigenvalue weighted by atomic mass is 79.9. The van der Waals surface area contributed by atoms with E-state index < -0.39 is 11.8 Å². The van der Waals surface area contributed by atoms with Crippen LogP contribution in [0.4, 0.5) is 4.39 Å². The first kappa shape index (κ1) is 15.0. The van der Waals surface area contributed by atoms with Crippen LogP contribution in [0.5, 0.6) is 5.75 Å². The Bertz CT molecular complexity index is 639. The quantitative estimate of drug-likeness (QED) is 0.809. The number of carboxylic acids is 1. The highest BCUT2D eigenvalue weighted by Gasteiger charge is 2.08. The van der Waals surface area contributed by atoms with Crippen LogP contribution < -0.4 is 4.74 Å². The molecule has 0 bridgehead atoms. The number of hydrogen-bond donors (Lipinski definition) is 1. The van der Waals surface area contributed by atoms with Crippen LogP contribution in [0.15, 0.2) is 45.3 Å². The highest BCUT2D eigenvalue weighted by Crippen LogP contribution is 2.24. The fourth-order valence-electron chi connectivity index (χ4n) is 1.57. The number of carbonyl (C=O) groups is 1. The van der Waals surface area contributed by atoms with Gasteiger partial charge in [-0.2, -0.15) is 0 Å². The molecule has 0 heterocycles. The van der Waals surface area contributed by atoms with Crippen molar-refractivity contribution in [3.8, 4) is 5.75 Å². The molecule has 0 aliphatic heterocycles. The zero-order valence-electron chi connectivity index (χ0n) is 10.1. The monoisotopic (exact) mass is 402 g/mol. The maximum atomic E-state index is 13.2. The van der Waals surface area contributed by atoms with E-state index in [-0.39, 0.29) is 12.2 Å². The molecule has 0 amide bonds. The molecule has 0 fully saturated rings. The van der Waals surface area contributed by atoms with Gasteiger partial charge in [0.1, 0.15) is 18.2 Å². The fourth-order valence-corrected chi connectivity index (χ4v) is 2.51. The third-order valence-corrected chi connectivity index (χ3v) is 3.73. The van der Waals surface area contributed by atoms with Crippen LogP contribution in [0.2, 0.25) is 0 Å². The first-order chi connectivity index (χ1) is 9.45. The lowest BCUT2D eigenvalue weighted by Crippen LogP contribution is -2.00. The van der Waals surface area contributed by atoms with Crippen LogP contribution in [-0.2, 0) is 6.61 Å². The highest BCUT2D eigenvalue weighted by molar-refractivity contribution is 9.10. The summed E-state index contributed by atoms with van der Waals surface area (Å²) in [6, 6.07) is 8.93. The number of aromatic carboxylic acids is 1. The molecule has 0 radical (unpaired) electrons. The van der Waals surface area contributed by atoms with E-state index in [1.165, 1.54) is 24.3 Å². The van der Waals surface area contributed by atoms with Gasteiger partial charge in [-0.1, -0.05) is 37.9 Å². The Labute approximate surface area is 131 Å². The summed E-state index contributed by atoms with van der Waals surface area (Å²) >= 11 is 6.48. The molecule has 0 atom stereocenters. The summed E-state index contributed by atoms with van der Waals surface area (Å²) < 4.78 is 19.9. The molecular formula is C14H9Br2FO3. The van der Waals surface area contributed by atoms with E-state index in [4.69, 9.17) is 9.84 Å². The number of carboxylic acid groups (broad SMARTS) is 1. The molecular weight excluding hydrogens is 395 g/mol. The lowest BCUT2D eigenvalue weighted by atomic mass is 10.1. The van der Waals surface area contributed by atoms with Gasteiger partial charge >= 0.3 is 5.97 Å². The van der Waals surface area contributed by atoms with Gasteiger partial charge in [0, 0.05) is 20.6 Å². The molecule has 6 heteroatoms. The van der Waals surface area contributed by atoms with Crippen molar-refractivity contribution in [2.24, 2.45) is 0 Å². The average molecular weight is 404 g/mol. The molecule has 0 aliphatic carbocycles. The van der Waals surface area contributed by atoms with Crippen LogP contribution in [0, 0.1) is 5.82 Å². The lowest BCUT2D eigenvalue weighted by Gasteiger charge is -2.09. The summed E-state index contributed by atoms with van der Waals surface area (Å²) in [5.74, 6) is -0.993. The standard InChI is InChI=1S/C14H9Br2FO3/c15-10-4-11(17)6-12(5-10)20-7-9-2-1-8(14(18)19)3-13(9)16/h1-6H,7H2,(H,18,19). The van der Waals surface area contributed by atoms with E-state index in [0.717, 1.165) is 5.56 Å². The Hall–Kier alpha value is -1.40. The largest absolute Gasteiger partial charge is 0.489 e. The molecule has 1 N–H and O–H groups in total. The van der Waals surface area contributed by atoms with Crippen LogP contribution in [0.1, 0.15) is 15.9 Å². The summed E-state index contributed by atoms with van der Waals surface area (Å²) in [7, 11) is 0. The molecule has 3 nitrogen and oxygen atoms in total. The van der Waals surface area contributed by atoms with Crippen molar-refractivity contribution < 1.29 is 19.0 Å². The molecule has 0 saturated carbocycles. The fraction of sp³-hybridized carbons (Fsp3) is 0.0714. The Morgan fingerprint density at radius 2 is 1.95 bits per heavy atom. The van der Waals surface area contributed by atoms with Crippen molar-refractivity contribution in [3.05, 3.63) is 62.3 Å². The first-order valence-electron chi connectivity index (χ1n) is 5.56. The molecule has 20 heavy (non-hydrogen) atoms. The van der Waals surface area contributed by atoms with E-state index in [1.54, 1.807) is 12.1 Å². The number of ether oxygens (including phenoxy) is 1. The lowest BCUT2D eigenvalue weighted by molar-refractivity contribution is 0.0696. The van der Waals surface area contributed by atoms with Gasteiger partial charge in [-0.25, -0.2) is 9.18 Å². The molecule has 0 aromatic heterocycles. The number of rotatable bonds is 4. The zero-order chi connectivity index (χ0) is 14.7. The van der Waals surface area contributed by atoms with Crippen LogP contribution in [0.25, 0.3) is 0 Å². The van der Waals surface area contributed by atoms with Gasteiger partial charge in [0.15, 0.2) is 0 Å². The number of benzene rings is 2. The SMILES string of the molecule is O=C(O)c1ccc(COc2cc(F)cc(Br)c2)c(Br)c1. The van der Waals surface area contributed by atoms with E-state index in [0.29, 0.717) is 14.7 Å². The molecule has 0 saturated heterocycles. The topological polar surface area (TPSA) is 46.5 Å². The van der Waals surface area contributed by atoms with Crippen molar-refractivity contribution in [3.63, 3.8) is 0 Å². The van der Waals surface area contributed by atoms with E-state index >= 15 is 0 Å². The third-order valence-electron chi connectivity index (χ3n) is 2.53. The molecule has 2 rings (SSSR count). The number of hydrogen-bond acceptors (Lipinski definition) is 2. The maximum absolute atomic E-state index is 13.2. The smallest absolute Gasteiger partial charge is 0.335 e. The van der Waals surface area contributed by atoms with E-state index in [1.807, 2.05) is 0 Å². The Morgan fingerprint density at radius 1 is 1.20 bits per heavy atom. The van der Waals surface area contributed by atoms with Crippen LogP contribution >= 0.6 is 31.9 Å². The minimum Gasteiger partial charge on any atom is -0.489 e. The molecule has 2 aromatic carbocycles. The molecule has 104 valence electrons. The van der Waals surface area contributed by atoms with Gasteiger partial charge in [0.05, 0.1) is 5.56 Å². The Balaban J connectivity index is 2.12. The van der Waals surface area contributed by atoms with Crippen molar-refractivity contribution in [2.45, 2.75) is 6.61 Å². The van der Waals surface area contributed by atoms with E-state index in [9.17, 15) is 9.18 Å². The average Bonchev–Trinajstić information content (AvgIpc) is 2.36. The predicted molar refractivity (Wildman–Crippen MR) is 79.5 cm³/mol. The van der Waals surface area contributed by atoms with Crippen molar-refractivity contribution in [1.82, 2.24) is 0 Å². The molecule has 0 spiro atoms. The summed E-state index contributed by atoms with van der Waals surface area (Å²) in [4.78, 5) is 10.8. The maximum Gasteiger partial charge on any atom is 0.335 e. The second-order valence-electron chi connectivity index (χ2n) is 4.01. The Morgan fingerprint density at radius 3 is 2.55 bits per heavy atom. The summed E-state index contributed by atoms with van der Waals surface area (Å²) in [5, 5.41) is 8.87. The molecule has 2 aromatic rings. The summed E-state index contributed by atoms with van der Waals surface area (Å²) in [5.41, 5.74) is 0.963. The number of halogens is 3. The second-order valence-corrected chi connectivity index (χ2v) is 5.78. The van der Waals surface area contributed by atoms with Crippen molar-refractivity contribution >= 4 is 37.8 Å². The summed E-state index contributed by atoms with van der Waals surface area (Å²) in [6.45, 7) is 0.205. The van der Waals surface area contributed by atoms with Gasteiger partial charge in [-0.15, -0.1) is 0 Å². The second kappa shape index (κ2) is 6.37. The first-order valence-corrected chi connectivity index (χ1v) is 7.15. The minimum absolute atomic E-state index is 0.189. The minimum atomic E-state index is -0.993. The predicted octanol–water partition coefficient (Wildman–Crippen LogP) is 4.63. The van der Waals surface area contributed by atoms with Crippen molar-refractivity contribution in [2.75, 3.05) is 0 Å². The van der Waals surface area contributed by atoms with Gasteiger partial charge in [0.2, 0.25) is 0 Å². The zero-order valence-corrected chi connectivity index (χ0v) is 13.2. The van der Waals surface area contributed by atoms with Gasteiger partial charge in [0.25, 0.3) is 0 Å². The van der Waals surface area contributed by atoms with Crippen LogP contribution in [0.3, 0.4) is 0 Å². The molecule has 0 unspecified atom stereocenters. The van der Waals surface area contributed by atoms with Gasteiger partial charge < -0.3 is 9.84 Å². The Kier molecular flexibility index (Phi) is 4.77. The van der Waals surface area contributed by atoms with Gasteiger partial charge in [-0.05, 0) is 24.3 Å².